The highest BCUT2D eigenvalue weighted by molar-refractivity contribution is 5.92. The number of nitro benzene ring substituents is 1. The predicted molar refractivity (Wildman–Crippen MR) is 132 cm³/mol. The van der Waals surface area contributed by atoms with Gasteiger partial charge in [0.05, 0.1) is 31.3 Å². The number of morpholine rings is 1. The number of nitro groups is 1. The average Bonchev–Trinajstić information content (AvgIpc) is 2.89. The molecule has 1 aromatic heterocycles. The van der Waals surface area contributed by atoms with Gasteiger partial charge in [0.15, 0.2) is 5.69 Å². The van der Waals surface area contributed by atoms with Gasteiger partial charge >= 0.3 is 0 Å². The molecule has 0 spiro atoms. The summed E-state index contributed by atoms with van der Waals surface area (Å²) in [4.78, 5) is 38.9. The molecule has 0 saturated carbocycles. The highest BCUT2D eigenvalue weighted by Gasteiger charge is 2.25. The number of aryl methyl sites for hydroxylation is 1. The molecular weight excluding hydrogens is 466 g/mol. The van der Waals surface area contributed by atoms with Crippen LogP contribution in [0.4, 0.5) is 5.69 Å². The number of amides is 1. The van der Waals surface area contributed by atoms with Crippen molar-refractivity contribution in [3.63, 3.8) is 0 Å². The molecule has 0 unspecified atom stereocenters. The molecular formula is C25H27N5O6. The van der Waals surface area contributed by atoms with Gasteiger partial charge in [0, 0.05) is 37.5 Å². The Bertz CT molecular complexity index is 1300. The lowest BCUT2D eigenvalue weighted by Gasteiger charge is -2.35. The maximum Gasteiger partial charge on any atom is 0.294 e. The SMILES string of the molecule is COc1ccc([C@@H](CNC(=O)c2nn(-c3ccccc3[N+](=O)[O-])c(C)cc2=O)N2CCOCC2)cc1. The first-order valence-electron chi connectivity index (χ1n) is 11.5. The molecule has 1 saturated heterocycles. The van der Waals surface area contributed by atoms with Gasteiger partial charge in [-0.25, -0.2) is 4.68 Å². The molecule has 2 heterocycles. The molecule has 1 atom stereocenters. The topological polar surface area (TPSA) is 129 Å². The van der Waals surface area contributed by atoms with Crippen LogP contribution >= 0.6 is 0 Å². The van der Waals surface area contributed by atoms with Gasteiger partial charge in [-0.3, -0.25) is 24.6 Å². The van der Waals surface area contributed by atoms with Gasteiger partial charge in [-0.1, -0.05) is 24.3 Å². The fourth-order valence-corrected chi connectivity index (χ4v) is 4.19. The van der Waals surface area contributed by atoms with Crippen molar-refractivity contribution >= 4 is 11.6 Å². The summed E-state index contributed by atoms with van der Waals surface area (Å²) in [5, 5.41) is 18.5. The Morgan fingerprint density at radius 1 is 1.19 bits per heavy atom. The Morgan fingerprint density at radius 2 is 1.89 bits per heavy atom. The van der Waals surface area contributed by atoms with Gasteiger partial charge in [0.2, 0.25) is 5.43 Å². The third-order valence-corrected chi connectivity index (χ3v) is 6.07. The van der Waals surface area contributed by atoms with Crippen molar-refractivity contribution in [2.75, 3.05) is 40.0 Å². The molecule has 11 heteroatoms. The van der Waals surface area contributed by atoms with Gasteiger partial charge in [0.25, 0.3) is 11.6 Å². The number of nitrogens with one attached hydrogen (secondary N) is 1. The molecule has 188 valence electrons. The maximum atomic E-state index is 13.1. The van der Waals surface area contributed by atoms with E-state index in [0.29, 0.717) is 32.0 Å². The Balaban J connectivity index is 1.61. The second kappa shape index (κ2) is 11.1. The third-order valence-electron chi connectivity index (χ3n) is 6.07. The Kier molecular flexibility index (Phi) is 7.71. The van der Waals surface area contributed by atoms with Gasteiger partial charge in [-0.05, 0) is 30.7 Å². The average molecular weight is 494 g/mol. The number of nitrogens with zero attached hydrogens (tertiary/aromatic N) is 4. The highest BCUT2D eigenvalue weighted by atomic mass is 16.6. The molecule has 3 aromatic rings. The van der Waals surface area contributed by atoms with E-state index in [9.17, 15) is 19.7 Å². The molecule has 1 N–H and O–H groups in total. The molecule has 1 aliphatic rings. The van der Waals surface area contributed by atoms with Crippen molar-refractivity contribution < 1.29 is 19.2 Å². The lowest BCUT2D eigenvalue weighted by Crippen LogP contribution is -2.44. The number of methoxy groups -OCH3 is 1. The standard InChI is InChI=1S/C25H27N5O6/c1-17-15-23(31)24(27-29(17)20-5-3-4-6-21(20)30(33)34)25(32)26-16-22(28-11-13-36-14-12-28)18-7-9-19(35-2)10-8-18/h3-10,15,22H,11-14,16H2,1-2H3,(H,26,32)/t22-/m1/s1. The molecule has 4 rings (SSSR count). The Labute approximate surface area is 207 Å². The van der Waals surface area contributed by atoms with Crippen LogP contribution in [0.5, 0.6) is 5.75 Å². The summed E-state index contributed by atoms with van der Waals surface area (Å²) in [7, 11) is 1.60. The number of hydrogen-bond donors (Lipinski definition) is 1. The number of hydrogen-bond acceptors (Lipinski definition) is 8. The van der Waals surface area contributed by atoms with Crippen LogP contribution in [0.2, 0.25) is 0 Å². The highest BCUT2D eigenvalue weighted by Crippen LogP contribution is 2.24. The molecule has 2 aromatic carbocycles. The zero-order valence-electron chi connectivity index (χ0n) is 20.0. The van der Waals surface area contributed by atoms with E-state index < -0.39 is 16.3 Å². The summed E-state index contributed by atoms with van der Waals surface area (Å²) in [5.74, 6) is 0.0713. The number of rotatable bonds is 8. The number of benzene rings is 2. The van der Waals surface area contributed by atoms with Gasteiger partial charge in [0.1, 0.15) is 11.4 Å². The number of carbonyl (C=O) groups excluding carboxylic acids is 1. The van der Waals surface area contributed by atoms with E-state index >= 15 is 0 Å². The minimum atomic E-state index is -0.654. The van der Waals surface area contributed by atoms with Crippen molar-refractivity contribution in [1.29, 1.82) is 0 Å². The van der Waals surface area contributed by atoms with Crippen molar-refractivity contribution in [1.82, 2.24) is 20.0 Å². The van der Waals surface area contributed by atoms with Gasteiger partial charge in [-0.2, -0.15) is 5.10 Å². The zero-order chi connectivity index (χ0) is 25.7. The van der Waals surface area contributed by atoms with E-state index in [-0.39, 0.29) is 29.7 Å². The summed E-state index contributed by atoms with van der Waals surface area (Å²) in [6, 6.07) is 14.7. The lowest BCUT2D eigenvalue weighted by molar-refractivity contribution is -0.384. The van der Waals surface area contributed by atoms with Crippen LogP contribution in [0.15, 0.2) is 59.4 Å². The van der Waals surface area contributed by atoms with Gasteiger partial charge < -0.3 is 14.8 Å². The van der Waals surface area contributed by atoms with E-state index in [1.54, 1.807) is 20.1 Å². The van der Waals surface area contributed by atoms with Crippen LogP contribution in [0, 0.1) is 17.0 Å². The summed E-state index contributed by atoms with van der Waals surface area (Å²) >= 11 is 0. The summed E-state index contributed by atoms with van der Waals surface area (Å²) in [5.41, 5.74) is 0.428. The number of ether oxygens (including phenoxy) is 2. The van der Waals surface area contributed by atoms with Gasteiger partial charge in [-0.15, -0.1) is 0 Å². The molecule has 0 aliphatic carbocycles. The minimum Gasteiger partial charge on any atom is -0.497 e. The van der Waals surface area contributed by atoms with Crippen molar-refractivity contribution in [2.24, 2.45) is 0 Å². The summed E-state index contributed by atoms with van der Waals surface area (Å²) in [6.45, 7) is 4.39. The molecule has 1 aliphatic heterocycles. The van der Waals surface area contributed by atoms with Crippen LogP contribution in [-0.2, 0) is 4.74 Å². The fourth-order valence-electron chi connectivity index (χ4n) is 4.19. The molecule has 0 bridgehead atoms. The number of aromatic nitrogens is 2. The zero-order valence-corrected chi connectivity index (χ0v) is 20.0. The van der Waals surface area contributed by atoms with E-state index in [1.165, 1.54) is 28.9 Å². The first kappa shape index (κ1) is 25.0. The van der Waals surface area contributed by atoms with Crippen molar-refractivity contribution in [2.45, 2.75) is 13.0 Å². The monoisotopic (exact) mass is 493 g/mol. The van der Waals surface area contributed by atoms with Crippen LogP contribution < -0.4 is 15.5 Å². The second-order valence-electron chi connectivity index (χ2n) is 8.30. The first-order chi connectivity index (χ1) is 17.4. The maximum absolute atomic E-state index is 13.1. The predicted octanol–water partition coefficient (Wildman–Crippen LogP) is 2.26. The quantitative estimate of drug-likeness (QED) is 0.374. The van der Waals surface area contributed by atoms with Crippen LogP contribution in [0.1, 0.15) is 27.8 Å². The Morgan fingerprint density at radius 3 is 2.56 bits per heavy atom. The van der Waals surface area contributed by atoms with Crippen molar-refractivity contribution in [3.8, 4) is 11.4 Å². The molecule has 1 fully saturated rings. The fraction of sp³-hybridized carbons (Fsp3) is 0.320. The second-order valence-corrected chi connectivity index (χ2v) is 8.30. The molecule has 0 radical (unpaired) electrons. The smallest absolute Gasteiger partial charge is 0.294 e. The number of carbonyl (C=O) groups is 1. The van der Waals surface area contributed by atoms with Crippen molar-refractivity contribution in [3.05, 3.63) is 91.9 Å². The normalized spacial score (nSPS) is 14.7. The Hall–Kier alpha value is -4.09. The molecule has 1 amide bonds. The van der Waals surface area contributed by atoms with E-state index in [2.05, 4.69) is 15.3 Å². The van der Waals surface area contributed by atoms with Crippen LogP contribution in [-0.4, -0.2) is 65.5 Å². The summed E-state index contributed by atoms with van der Waals surface area (Å²) in [6.07, 6.45) is 0. The van der Waals surface area contributed by atoms with Crippen LogP contribution in [0.25, 0.3) is 5.69 Å². The third kappa shape index (κ3) is 5.42. The van der Waals surface area contributed by atoms with E-state index in [0.717, 1.165) is 11.3 Å². The van der Waals surface area contributed by atoms with E-state index in [4.69, 9.17) is 9.47 Å². The largest absolute Gasteiger partial charge is 0.497 e. The summed E-state index contributed by atoms with van der Waals surface area (Å²) < 4.78 is 12.0. The van der Waals surface area contributed by atoms with Crippen LogP contribution in [0.3, 0.4) is 0 Å². The minimum absolute atomic E-state index is 0.161. The number of para-hydroxylation sites is 2. The molecule has 11 nitrogen and oxygen atoms in total. The first-order valence-corrected chi connectivity index (χ1v) is 11.5. The van der Waals surface area contributed by atoms with E-state index in [1.807, 2.05) is 24.3 Å². The lowest BCUT2D eigenvalue weighted by atomic mass is 10.0. The molecule has 36 heavy (non-hydrogen) atoms.